The van der Waals surface area contributed by atoms with Crippen molar-refractivity contribution in [1.29, 1.82) is 0 Å². The molecule has 1 fully saturated rings. The molecule has 0 spiro atoms. The summed E-state index contributed by atoms with van der Waals surface area (Å²) in [7, 11) is 0. The molecule has 0 aromatic carbocycles. The maximum atomic E-state index is 12.4. The van der Waals surface area contributed by atoms with Crippen molar-refractivity contribution in [1.82, 2.24) is 14.8 Å². The Labute approximate surface area is 129 Å². The summed E-state index contributed by atoms with van der Waals surface area (Å²) in [5, 5.41) is 3.18. The van der Waals surface area contributed by atoms with Crippen LogP contribution in [0.4, 0.5) is 0 Å². The average molecular weight is 342 g/mol. The smallest absolute Gasteiger partial charge is 0.268 e. The van der Waals surface area contributed by atoms with E-state index in [2.05, 4.69) is 46.9 Å². The lowest BCUT2D eigenvalue weighted by Crippen LogP contribution is -2.44. The maximum absolute atomic E-state index is 12.4. The quantitative estimate of drug-likeness (QED) is 0.913. The SMILES string of the molecule is CCN1CCC(NC(=O)c2cc(Br)cn2C(C)C)CC1. The van der Waals surface area contributed by atoms with Crippen molar-refractivity contribution >= 4 is 21.8 Å². The third-order valence-electron chi connectivity index (χ3n) is 3.97. The molecule has 0 saturated carbocycles. The predicted octanol–water partition coefficient (Wildman–Crippen LogP) is 3.05. The van der Waals surface area contributed by atoms with Crippen LogP contribution in [-0.2, 0) is 0 Å². The van der Waals surface area contributed by atoms with Crippen LogP contribution in [-0.4, -0.2) is 41.1 Å². The Hall–Kier alpha value is -0.810. The molecule has 1 aromatic heterocycles. The second-order valence-corrected chi connectivity index (χ2v) is 6.64. The van der Waals surface area contributed by atoms with Crippen molar-refractivity contribution in [3.8, 4) is 0 Å². The highest BCUT2D eigenvalue weighted by atomic mass is 79.9. The fraction of sp³-hybridized carbons (Fsp3) is 0.667. The molecule has 0 atom stereocenters. The maximum Gasteiger partial charge on any atom is 0.268 e. The van der Waals surface area contributed by atoms with E-state index in [1.807, 2.05) is 16.8 Å². The molecule has 1 aliphatic rings. The second kappa shape index (κ2) is 6.76. The summed E-state index contributed by atoms with van der Waals surface area (Å²) in [4.78, 5) is 14.9. The Morgan fingerprint density at radius 2 is 2.10 bits per heavy atom. The first-order chi connectivity index (χ1) is 9.51. The normalized spacial score (nSPS) is 17.6. The van der Waals surface area contributed by atoms with Crippen LogP contribution in [0, 0.1) is 0 Å². The van der Waals surface area contributed by atoms with E-state index in [1.54, 1.807) is 0 Å². The van der Waals surface area contributed by atoms with E-state index in [-0.39, 0.29) is 11.9 Å². The molecule has 5 heteroatoms. The Morgan fingerprint density at radius 1 is 1.45 bits per heavy atom. The minimum absolute atomic E-state index is 0.0411. The highest BCUT2D eigenvalue weighted by molar-refractivity contribution is 9.10. The van der Waals surface area contributed by atoms with Crippen LogP contribution in [0.25, 0.3) is 0 Å². The third-order valence-corrected chi connectivity index (χ3v) is 4.41. The zero-order valence-electron chi connectivity index (χ0n) is 12.5. The minimum atomic E-state index is 0.0411. The van der Waals surface area contributed by atoms with Gasteiger partial charge in [0.25, 0.3) is 5.91 Å². The molecule has 0 unspecified atom stereocenters. The molecule has 1 aromatic rings. The van der Waals surface area contributed by atoms with Gasteiger partial charge in [0.2, 0.25) is 0 Å². The monoisotopic (exact) mass is 341 g/mol. The van der Waals surface area contributed by atoms with Gasteiger partial charge in [0.1, 0.15) is 5.69 Å². The van der Waals surface area contributed by atoms with Crippen LogP contribution in [0.1, 0.15) is 50.1 Å². The number of piperidine rings is 1. The lowest BCUT2D eigenvalue weighted by atomic mass is 10.0. The summed E-state index contributed by atoms with van der Waals surface area (Å²) in [5.41, 5.74) is 0.741. The molecular formula is C15H24BrN3O. The molecule has 20 heavy (non-hydrogen) atoms. The van der Waals surface area contributed by atoms with Gasteiger partial charge in [-0.1, -0.05) is 6.92 Å². The third kappa shape index (κ3) is 3.64. The topological polar surface area (TPSA) is 37.3 Å². The van der Waals surface area contributed by atoms with Crippen LogP contribution < -0.4 is 5.32 Å². The van der Waals surface area contributed by atoms with Crippen LogP contribution in [0.3, 0.4) is 0 Å². The molecule has 2 rings (SSSR count). The van der Waals surface area contributed by atoms with Crippen molar-refractivity contribution in [3.05, 3.63) is 22.4 Å². The average Bonchev–Trinajstić information content (AvgIpc) is 2.82. The lowest BCUT2D eigenvalue weighted by molar-refractivity contribution is 0.0902. The van der Waals surface area contributed by atoms with Crippen molar-refractivity contribution in [3.63, 3.8) is 0 Å². The number of nitrogens with one attached hydrogen (secondary N) is 1. The zero-order chi connectivity index (χ0) is 14.7. The van der Waals surface area contributed by atoms with E-state index in [4.69, 9.17) is 0 Å². The molecule has 1 aliphatic heterocycles. The predicted molar refractivity (Wildman–Crippen MR) is 85.1 cm³/mol. The molecule has 0 bridgehead atoms. The molecule has 1 saturated heterocycles. The van der Waals surface area contributed by atoms with E-state index in [1.165, 1.54) is 0 Å². The van der Waals surface area contributed by atoms with Crippen molar-refractivity contribution in [2.24, 2.45) is 0 Å². The largest absolute Gasteiger partial charge is 0.348 e. The molecule has 1 N–H and O–H groups in total. The van der Waals surface area contributed by atoms with Gasteiger partial charge in [-0.05, 0) is 55.2 Å². The fourth-order valence-corrected chi connectivity index (χ4v) is 3.15. The standard InChI is InChI=1S/C15H24BrN3O/c1-4-18-7-5-13(6-8-18)17-15(20)14-9-12(16)10-19(14)11(2)3/h9-11,13H,4-8H2,1-3H3,(H,17,20). The van der Waals surface area contributed by atoms with Crippen molar-refractivity contribution in [2.75, 3.05) is 19.6 Å². The lowest BCUT2D eigenvalue weighted by Gasteiger charge is -2.31. The number of hydrogen-bond donors (Lipinski definition) is 1. The molecule has 0 radical (unpaired) electrons. The van der Waals surface area contributed by atoms with Crippen molar-refractivity contribution < 1.29 is 4.79 Å². The van der Waals surface area contributed by atoms with E-state index in [0.29, 0.717) is 6.04 Å². The Bertz CT molecular complexity index is 462. The van der Waals surface area contributed by atoms with Gasteiger partial charge in [-0.25, -0.2) is 0 Å². The first kappa shape index (κ1) is 15.6. The number of hydrogen-bond acceptors (Lipinski definition) is 2. The number of rotatable bonds is 4. The van der Waals surface area contributed by atoms with Crippen LogP contribution in [0.15, 0.2) is 16.7 Å². The summed E-state index contributed by atoms with van der Waals surface area (Å²) in [6.07, 6.45) is 4.06. The minimum Gasteiger partial charge on any atom is -0.348 e. The first-order valence-electron chi connectivity index (χ1n) is 7.41. The summed E-state index contributed by atoms with van der Waals surface area (Å²) in [6.45, 7) is 9.62. The fourth-order valence-electron chi connectivity index (χ4n) is 2.71. The van der Waals surface area contributed by atoms with Crippen LogP contribution in [0.5, 0.6) is 0 Å². The van der Waals surface area contributed by atoms with Gasteiger partial charge in [0, 0.05) is 35.8 Å². The first-order valence-corrected chi connectivity index (χ1v) is 8.21. The summed E-state index contributed by atoms with van der Waals surface area (Å²) in [6, 6.07) is 2.49. The number of halogens is 1. The number of carbonyl (C=O) groups is 1. The number of aromatic nitrogens is 1. The van der Waals surface area contributed by atoms with Gasteiger partial charge < -0.3 is 14.8 Å². The summed E-state index contributed by atoms with van der Waals surface area (Å²) in [5.74, 6) is 0.0411. The Kier molecular flexibility index (Phi) is 5.27. The molecule has 2 heterocycles. The number of amides is 1. The van der Waals surface area contributed by atoms with Gasteiger partial charge in [-0.3, -0.25) is 4.79 Å². The van der Waals surface area contributed by atoms with Crippen LogP contribution >= 0.6 is 15.9 Å². The Balaban J connectivity index is 1.99. The molecule has 4 nitrogen and oxygen atoms in total. The van der Waals surface area contributed by atoms with E-state index in [9.17, 15) is 4.79 Å². The number of carbonyl (C=O) groups excluding carboxylic acids is 1. The number of likely N-dealkylation sites (tertiary alicyclic amines) is 1. The van der Waals surface area contributed by atoms with Crippen LogP contribution in [0.2, 0.25) is 0 Å². The highest BCUT2D eigenvalue weighted by Crippen LogP contribution is 2.20. The van der Waals surface area contributed by atoms with E-state index >= 15 is 0 Å². The molecule has 0 aliphatic carbocycles. The van der Waals surface area contributed by atoms with Crippen molar-refractivity contribution in [2.45, 2.75) is 45.7 Å². The van der Waals surface area contributed by atoms with Gasteiger partial charge in [0.15, 0.2) is 0 Å². The van der Waals surface area contributed by atoms with Gasteiger partial charge >= 0.3 is 0 Å². The van der Waals surface area contributed by atoms with E-state index in [0.717, 1.165) is 42.6 Å². The van der Waals surface area contributed by atoms with Gasteiger partial charge in [-0.15, -0.1) is 0 Å². The molecule has 112 valence electrons. The van der Waals surface area contributed by atoms with E-state index < -0.39 is 0 Å². The highest BCUT2D eigenvalue weighted by Gasteiger charge is 2.22. The molecule has 1 amide bonds. The summed E-state index contributed by atoms with van der Waals surface area (Å²) < 4.78 is 2.97. The molecular weight excluding hydrogens is 318 g/mol. The summed E-state index contributed by atoms with van der Waals surface area (Å²) >= 11 is 3.45. The Morgan fingerprint density at radius 3 is 2.65 bits per heavy atom. The van der Waals surface area contributed by atoms with Gasteiger partial charge in [0.05, 0.1) is 0 Å². The number of nitrogens with zero attached hydrogens (tertiary/aromatic N) is 2. The second-order valence-electron chi connectivity index (χ2n) is 5.73. The van der Waals surface area contributed by atoms with Gasteiger partial charge in [-0.2, -0.15) is 0 Å². The zero-order valence-corrected chi connectivity index (χ0v) is 14.1.